The van der Waals surface area contributed by atoms with Crippen molar-refractivity contribution in [1.82, 2.24) is 0 Å². The molecule has 0 aromatic heterocycles. The number of methoxy groups -OCH3 is 2. The predicted molar refractivity (Wildman–Crippen MR) is 109 cm³/mol. The van der Waals surface area contributed by atoms with E-state index in [2.05, 4.69) is 19.9 Å². The van der Waals surface area contributed by atoms with E-state index < -0.39 is 18.3 Å². The molecule has 1 aliphatic rings. The fraction of sp³-hybridized carbons (Fsp3) is 0.609. The number of Topliss-reactive ketones (excluding diaryl/α,β-unsaturated/α-hetero) is 1. The number of ketones is 1. The van der Waals surface area contributed by atoms with E-state index in [0.717, 1.165) is 29.7 Å². The lowest BCUT2D eigenvalue weighted by Gasteiger charge is -2.39. The molecule has 0 amide bonds. The number of carbonyl (C=O) groups is 1. The summed E-state index contributed by atoms with van der Waals surface area (Å²) in [5.74, 6) is 1.04. The maximum Gasteiger partial charge on any atom is 0.145 e. The lowest BCUT2D eigenvalue weighted by atomic mass is 9.77. The van der Waals surface area contributed by atoms with Gasteiger partial charge in [0.1, 0.15) is 17.6 Å². The van der Waals surface area contributed by atoms with Gasteiger partial charge in [-0.1, -0.05) is 37.6 Å². The highest BCUT2D eigenvalue weighted by Gasteiger charge is 2.45. The Kier molecular flexibility index (Phi) is 8.67. The second-order valence-electron chi connectivity index (χ2n) is 7.96. The van der Waals surface area contributed by atoms with E-state index >= 15 is 0 Å². The molecule has 0 aliphatic heterocycles. The molecule has 1 N–H and O–H groups in total. The van der Waals surface area contributed by atoms with Crippen LogP contribution in [0.2, 0.25) is 0 Å². The predicted octanol–water partition coefficient (Wildman–Crippen LogP) is 3.93. The van der Waals surface area contributed by atoms with Crippen LogP contribution < -0.4 is 4.74 Å². The molecule has 156 valence electrons. The van der Waals surface area contributed by atoms with Gasteiger partial charge in [0.05, 0.1) is 31.8 Å². The second kappa shape index (κ2) is 10.7. The summed E-state index contributed by atoms with van der Waals surface area (Å²) in [6.45, 7) is 6.69. The topological polar surface area (TPSA) is 65.0 Å². The number of aliphatic hydroxyl groups is 1. The number of rotatable bonds is 9. The van der Waals surface area contributed by atoms with Gasteiger partial charge in [0.15, 0.2) is 0 Å². The van der Waals surface area contributed by atoms with E-state index in [1.807, 2.05) is 31.2 Å². The molecule has 0 unspecified atom stereocenters. The van der Waals surface area contributed by atoms with Gasteiger partial charge >= 0.3 is 0 Å². The molecule has 1 aromatic carbocycles. The molecule has 28 heavy (non-hydrogen) atoms. The molecule has 0 heterocycles. The number of benzene rings is 1. The zero-order valence-corrected chi connectivity index (χ0v) is 17.7. The first-order chi connectivity index (χ1) is 13.4. The lowest BCUT2D eigenvalue weighted by Crippen LogP contribution is -2.53. The Balaban J connectivity index is 2.10. The maximum atomic E-state index is 12.7. The van der Waals surface area contributed by atoms with E-state index in [0.29, 0.717) is 12.5 Å². The zero-order valence-electron chi connectivity index (χ0n) is 17.7. The molecule has 1 aliphatic carbocycles. The fourth-order valence-electron chi connectivity index (χ4n) is 3.72. The van der Waals surface area contributed by atoms with Gasteiger partial charge in [-0.2, -0.15) is 0 Å². The summed E-state index contributed by atoms with van der Waals surface area (Å²) in [6.07, 6.45) is 2.32. The molecule has 1 aromatic rings. The minimum Gasteiger partial charge on any atom is -0.497 e. The molecular weight excluding hydrogens is 356 g/mol. The Hall–Kier alpha value is -1.69. The normalized spacial score (nSPS) is 26.0. The molecule has 5 nitrogen and oxygen atoms in total. The number of carbonyl (C=O) groups excluding carboxylic acids is 1. The van der Waals surface area contributed by atoms with Gasteiger partial charge in [0, 0.05) is 13.5 Å². The standard InChI is InChI=1S/C23H34O5/c1-15(2)7-6-8-16(3)21-19(24)13-20(25)22(23(21)27-5)28-14-17-9-11-18(26-4)12-10-17/h8-12,15,20-23,25H,6-7,13-14H2,1-5H3/b16-8+/t20-,21+,22+,23-/m0/s1. The van der Waals surface area contributed by atoms with Gasteiger partial charge in [-0.3, -0.25) is 4.79 Å². The average molecular weight is 391 g/mol. The van der Waals surface area contributed by atoms with Gasteiger partial charge in [-0.05, 0) is 43.4 Å². The minimum atomic E-state index is -0.865. The highest BCUT2D eigenvalue weighted by Crippen LogP contribution is 2.32. The zero-order chi connectivity index (χ0) is 20.7. The van der Waals surface area contributed by atoms with Crippen molar-refractivity contribution in [1.29, 1.82) is 0 Å². The van der Waals surface area contributed by atoms with Gasteiger partial charge in [-0.25, -0.2) is 0 Å². The molecule has 4 atom stereocenters. The molecule has 5 heteroatoms. The van der Waals surface area contributed by atoms with Crippen molar-refractivity contribution < 1.29 is 24.1 Å². The maximum absolute atomic E-state index is 12.7. The molecule has 0 saturated heterocycles. The third-order valence-electron chi connectivity index (χ3n) is 5.36. The van der Waals surface area contributed by atoms with E-state index in [4.69, 9.17) is 14.2 Å². The number of allylic oxidation sites excluding steroid dienone is 1. The van der Waals surface area contributed by atoms with Crippen molar-refractivity contribution in [3.8, 4) is 5.75 Å². The second-order valence-corrected chi connectivity index (χ2v) is 7.96. The van der Waals surface area contributed by atoms with Crippen molar-refractivity contribution in [2.24, 2.45) is 11.8 Å². The Morgan fingerprint density at radius 2 is 1.89 bits per heavy atom. The average Bonchev–Trinajstić information content (AvgIpc) is 2.66. The van der Waals surface area contributed by atoms with Crippen molar-refractivity contribution in [3.05, 3.63) is 41.5 Å². The van der Waals surface area contributed by atoms with Crippen LogP contribution in [0, 0.1) is 11.8 Å². The van der Waals surface area contributed by atoms with Gasteiger partial charge in [-0.15, -0.1) is 0 Å². The monoisotopic (exact) mass is 390 g/mol. The van der Waals surface area contributed by atoms with E-state index in [1.54, 1.807) is 14.2 Å². The van der Waals surface area contributed by atoms with Crippen LogP contribution in [-0.2, 0) is 20.9 Å². The van der Waals surface area contributed by atoms with Gasteiger partial charge < -0.3 is 19.3 Å². The smallest absolute Gasteiger partial charge is 0.145 e. The SMILES string of the molecule is COc1ccc(CO[C@H]2[C@@H](OC)[C@H](/C(C)=C/CCC(C)C)C(=O)C[C@@H]2O)cc1. The van der Waals surface area contributed by atoms with Crippen LogP contribution in [0.4, 0.5) is 0 Å². The first-order valence-corrected chi connectivity index (χ1v) is 10.0. The quantitative estimate of drug-likeness (QED) is 0.647. The highest BCUT2D eigenvalue weighted by atomic mass is 16.5. The summed E-state index contributed by atoms with van der Waals surface area (Å²) in [6, 6.07) is 7.60. The van der Waals surface area contributed by atoms with Crippen LogP contribution >= 0.6 is 0 Å². The third-order valence-corrected chi connectivity index (χ3v) is 5.36. The molecule has 0 radical (unpaired) electrons. The number of hydrogen-bond acceptors (Lipinski definition) is 5. The summed E-state index contributed by atoms with van der Waals surface area (Å²) >= 11 is 0. The third kappa shape index (κ3) is 5.90. The molecule has 0 bridgehead atoms. The molecular formula is C23H34O5. The van der Waals surface area contributed by atoms with E-state index in [1.165, 1.54) is 0 Å². The molecule has 2 rings (SSSR count). The molecule has 1 fully saturated rings. The molecule has 0 spiro atoms. The fourth-order valence-corrected chi connectivity index (χ4v) is 3.72. The van der Waals surface area contributed by atoms with Crippen LogP contribution in [0.1, 0.15) is 45.6 Å². The summed E-state index contributed by atoms with van der Waals surface area (Å²) in [4.78, 5) is 12.7. The van der Waals surface area contributed by atoms with Crippen LogP contribution in [0.3, 0.4) is 0 Å². The van der Waals surface area contributed by atoms with Crippen LogP contribution in [0.25, 0.3) is 0 Å². The van der Waals surface area contributed by atoms with Crippen LogP contribution in [0.15, 0.2) is 35.9 Å². The first-order valence-electron chi connectivity index (χ1n) is 10.0. The van der Waals surface area contributed by atoms with Gasteiger partial charge in [0.2, 0.25) is 0 Å². The van der Waals surface area contributed by atoms with Gasteiger partial charge in [0.25, 0.3) is 0 Å². The number of ether oxygens (including phenoxy) is 3. The van der Waals surface area contributed by atoms with E-state index in [9.17, 15) is 9.90 Å². The lowest BCUT2D eigenvalue weighted by molar-refractivity contribution is -0.165. The van der Waals surface area contributed by atoms with Crippen molar-refractivity contribution in [2.75, 3.05) is 14.2 Å². The Morgan fingerprint density at radius 3 is 2.46 bits per heavy atom. The molecule has 1 saturated carbocycles. The van der Waals surface area contributed by atoms with Crippen molar-refractivity contribution >= 4 is 5.78 Å². The van der Waals surface area contributed by atoms with Crippen LogP contribution in [0.5, 0.6) is 5.75 Å². The Bertz CT molecular complexity index is 649. The largest absolute Gasteiger partial charge is 0.497 e. The number of aliphatic hydroxyl groups excluding tert-OH is 1. The summed E-state index contributed by atoms with van der Waals surface area (Å²) < 4.78 is 16.9. The van der Waals surface area contributed by atoms with Crippen molar-refractivity contribution in [3.63, 3.8) is 0 Å². The summed E-state index contributed by atoms with van der Waals surface area (Å²) in [5.41, 5.74) is 1.97. The minimum absolute atomic E-state index is 0.0157. The van der Waals surface area contributed by atoms with E-state index in [-0.39, 0.29) is 18.1 Å². The van der Waals surface area contributed by atoms with Crippen LogP contribution in [-0.4, -0.2) is 43.4 Å². The Labute approximate surface area is 168 Å². The summed E-state index contributed by atoms with van der Waals surface area (Å²) in [7, 11) is 3.20. The number of hydrogen-bond donors (Lipinski definition) is 1. The van der Waals surface area contributed by atoms with Crippen molar-refractivity contribution in [2.45, 2.75) is 65.0 Å². The first kappa shape index (κ1) is 22.6. The highest BCUT2D eigenvalue weighted by molar-refractivity contribution is 5.86. The Morgan fingerprint density at radius 1 is 1.21 bits per heavy atom. The summed E-state index contributed by atoms with van der Waals surface area (Å²) in [5, 5.41) is 10.5.